The summed E-state index contributed by atoms with van der Waals surface area (Å²) in [5.41, 5.74) is 0.244. The van der Waals surface area contributed by atoms with Crippen molar-refractivity contribution in [2.24, 2.45) is 23.7 Å². The van der Waals surface area contributed by atoms with Gasteiger partial charge in [-0.25, -0.2) is 18.4 Å². The lowest BCUT2D eigenvalue weighted by Crippen LogP contribution is -2.31. The highest BCUT2D eigenvalue weighted by atomic mass is 32.2. The van der Waals surface area contributed by atoms with Crippen LogP contribution in [0.1, 0.15) is 88.2 Å². The van der Waals surface area contributed by atoms with E-state index in [1.165, 1.54) is 36.4 Å². The highest BCUT2D eigenvalue weighted by molar-refractivity contribution is 8.24. The van der Waals surface area contributed by atoms with Crippen molar-refractivity contribution in [2.75, 3.05) is 26.4 Å². The van der Waals surface area contributed by atoms with Gasteiger partial charge in [-0.1, -0.05) is 48.8 Å². The fourth-order valence-electron chi connectivity index (χ4n) is 8.37. The van der Waals surface area contributed by atoms with Crippen LogP contribution in [0.25, 0.3) is 0 Å². The standard InChI is InChI=1S/C58H54F2N2O20S2/c1-3-46(63)73-23-25-75-48(65)19-21-50(67)77-31-33-5-15-42(40(59)27-33)79-54(69)35-7-11-37(12-8-35)56(71)81-44-17-18-45(53-52(44)83-58(84-53)39(29-61)30-62)82-57(72)38-13-9-36(10-14-38)55(70)80-43-16-6-34(28-41(43)60)32-78-51(68)22-20-49(66)76-26-24-74-47(64)4-2/h3-6,15-18,27-28,35-38H,1-2,7-14,19-26,31-32H2. The number of carbonyl (C=O) groups is 10. The third-order valence-corrected chi connectivity index (χ3v) is 15.5. The van der Waals surface area contributed by atoms with Crippen LogP contribution >= 0.6 is 23.5 Å². The molecule has 0 radical (unpaired) electrons. The predicted octanol–water partition coefficient (Wildman–Crippen LogP) is 8.25. The van der Waals surface area contributed by atoms with Crippen LogP contribution in [0.5, 0.6) is 23.0 Å². The number of thioether (sulfide) groups is 2. The Labute approximate surface area is 487 Å². The van der Waals surface area contributed by atoms with Gasteiger partial charge in [-0.15, -0.1) is 0 Å². The average molecular weight is 1200 g/mol. The summed E-state index contributed by atoms with van der Waals surface area (Å²) < 4.78 is 82.1. The Hall–Kier alpha value is -8.88. The molecule has 1 aliphatic heterocycles. The molecular weight excluding hydrogens is 1150 g/mol. The van der Waals surface area contributed by atoms with Gasteiger partial charge >= 0.3 is 59.7 Å². The molecule has 0 atom stereocenters. The maximum atomic E-state index is 15.0. The Bertz CT molecular complexity index is 2970. The number of rotatable bonds is 26. The first-order chi connectivity index (χ1) is 40.4. The zero-order chi connectivity index (χ0) is 60.7. The van der Waals surface area contributed by atoms with Crippen LogP contribution in [0.2, 0.25) is 0 Å². The molecule has 2 fully saturated rings. The minimum atomic E-state index is -0.900. The number of fused-ring (bicyclic) bond motifs is 1. The molecule has 84 heavy (non-hydrogen) atoms. The molecule has 22 nitrogen and oxygen atoms in total. The van der Waals surface area contributed by atoms with Crippen LogP contribution in [0.3, 0.4) is 0 Å². The van der Waals surface area contributed by atoms with Crippen molar-refractivity contribution in [1.29, 1.82) is 10.5 Å². The van der Waals surface area contributed by atoms with Gasteiger partial charge in [0.2, 0.25) is 0 Å². The van der Waals surface area contributed by atoms with E-state index in [0.29, 0.717) is 9.79 Å². The van der Waals surface area contributed by atoms with Gasteiger partial charge in [-0.3, -0.25) is 38.4 Å². The van der Waals surface area contributed by atoms with Crippen molar-refractivity contribution in [1.82, 2.24) is 0 Å². The third-order valence-electron chi connectivity index (χ3n) is 12.9. The number of allylic oxidation sites excluding steroid dienone is 1. The molecule has 0 unspecified atom stereocenters. The van der Waals surface area contributed by atoms with Crippen molar-refractivity contribution >= 4 is 83.2 Å². The molecule has 2 aliphatic carbocycles. The highest BCUT2D eigenvalue weighted by Gasteiger charge is 2.37. The van der Waals surface area contributed by atoms with E-state index in [0.717, 1.165) is 47.8 Å². The molecule has 0 amide bonds. The molecule has 0 spiro atoms. The quantitative estimate of drug-likeness (QED) is 0.0182. The van der Waals surface area contributed by atoms with E-state index in [1.807, 2.05) is 12.1 Å². The molecule has 3 aromatic rings. The molecule has 3 aliphatic rings. The molecule has 0 saturated heterocycles. The van der Waals surface area contributed by atoms with Crippen LogP contribution in [-0.4, -0.2) is 86.1 Å². The van der Waals surface area contributed by atoms with Crippen molar-refractivity contribution in [2.45, 2.75) is 100 Å². The first kappa shape index (κ1) is 64.3. The summed E-state index contributed by atoms with van der Waals surface area (Å²) >= 11 is 1.96. The topological polar surface area (TPSA) is 311 Å². The minimum Gasteiger partial charge on any atom is -0.462 e. The van der Waals surface area contributed by atoms with E-state index < -0.39 is 95.0 Å². The molecule has 0 N–H and O–H groups in total. The monoisotopic (exact) mass is 1200 g/mol. The lowest BCUT2D eigenvalue weighted by atomic mass is 9.82. The number of esters is 10. The summed E-state index contributed by atoms with van der Waals surface area (Å²) in [6.07, 6.45) is 2.30. The Balaban J connectivity index is 0.935. The highest BCUT2D eigenvalue weighted by Crippen LogP contribution is 2.59. The van der Waals surface area contributed by atoms with E-state index in [2.05, 4.69) is 22.6 Å². The van der Waals surface area contributed by atoms with Crippen LogP contribution in [0.4, 0.5) is 8.78 Å². The second-order valence-electron chi connectivity index (χ2n) is 18.6. The SMILES string of the molecule is C=CC(=O)OCCOC(=O)CCC(=O)OCc1ccc(OC(=O)C2CCC(C(=O)Oc3ccc(OC(=O)C4CCC(C(=O)Oc5ccc(COC(=O)CCC(=O)OCCOC(=O)C=C)cc5F)CC4)c4c3SC(=C(C#N)C#N)S4)CC2)c(F)c1. The molecule has 6 rings (SSSR count). The van der Waals surface area contributed by atoms with E-state index in [-0.39, 0.29) is 161 Å². The Morgan fingerprint density at radius 2 is 0.762 bits per heavy atom. The molecule has 3 aromatic carbocycles. The molecule has 26 heteroatoms. The number of hydrogen-bond donors (Lipinski definition) is 0. The van der Waals surface area contributed by atoms with E-state index >= 15 is 8.78 Å². The number of benzene rings is 3. The number of halogens is 2. The fourth-order valence-corrected chi connectivity index (χ4v) is 10.9. The second kappa shape index (κ2) is 32.1. The minimum absolute atomic E-state index is 0.0691. The molecular formula is C58H54F2N2O20S2. The fraction of sp³-hybridized carbons (Fsp3) is 0.379. The molecule has 0 aromatic heterocycles. The smallest absolute Gasteiger partial charge is 0.330 e. The van der Waals surface area contributed by atoms with Crippen LogP contribution in [0, 0.1) is 58.0 Å². The Morgan fingerprint density at radius 1 is 0.464 bits per heavy atom. The molecule has 442 valence electrons. The van der Waals surface area contributed by atoms with E-state index in [9.17, 15) is 58.5 Å². The zero-order valence-electron chi connectivity index (χ0n) is 44.9. The van der Waals surface area contributed by atoms with Gasteiger partial charge in [0, 0.05) is 12.2 Å². The van der Waals surface area contributed by atoms with Gasteiger partial charge in [0.25, 0.3) is 0 Å². The van der Waals surface area contributed by atoms with Crippen molar-refractivity contribution in [3.05, 3.63) is 106 Å². The zero-order valence-corrected chi connectivity index (χ0v) is 46.5. The summed E-state index contributed by atoms with van der Waals surface area (Å²) in [6.45, 7) is 5.00. The largest absolute Gasteiger partial charge is 0.462 e. The summed E-state index contributed by atoms with van der Waals surface area (Å²) in [5, 5.41) is 19.3. The summed E-state index contributed by atoms with van der Waals surface area (Å²) in [5.74, 6) is -12.1. The van der Waals surface area contributed by atoms with Gasteiger partial charge in [-0.05, 0) is 98.9 Å². The maximum Gasteiger partial charge on any atom is 0.330 e. The number of carbonyl (C=O) groups excluding carboxylic acids is 10. The van der Waals surface area contributed by atoms with Crippen LogP contribution < -0.4 is 18.9 Å². The van der Waals surface area contributed by atoms with Gasteiger partial charge in [-0.2, -0.15) is 10.5 Å². The number of ether oxygens (including phenoxy) is 10. The molecule has 1 heterocycles. The van der Waals surface area contributed by atoms with Gasteiger partial charge in [0.15, 0.2) is 23.1 Å². The van der Waals surface area contributed by atoms with Crippen molar-refractivity contribution in [3.63, 3.8) is 0 Å². The van der Waals surface area contributed by atoms with Crippen LogP contribution in [-0.2, 0) is 89.6 Å². The lowest BCUT2D eigenvalue weighted by molar-refractivity contribution is -0.153. The number of nitrogens with zero attached hydrogens (tertiary/aromatic N) is 2. The van der Waals surface area contributed by atoms with Gasteiger partial charge in [0.1, 0.15) is 68.9 Å². The van der Waals surface area contributed by atoms with Crippen molar-refractivity contribution < 1.29 is 104 Å². The first-order valence-corrected chi connectivity index (χ1v) is 27.7. The summed E-state index contributed by atoms with van der Waals surface area (Å²) in [4.78, 5) is 124. The predicted molar refractivity (Wildman–Crippen MR) is 285 cm³/mol. The molecule has 2 saturated carbocycles. The summed E-state index contributed by atoms with van der Waals surface area (Å²) in [7, 11) is 0. The normalized spacial score (nSPS) is 16.7. The average Bonchev–Trinajstić information content (AvgIpc) is 4.14. The van der Waals surface area contributed by atoms with E-state index in [4.69, 9.17) is 37.9 Å². The third kappa shape index (κ3) is 19.4. The molecule has 0 bridgehead atoms. The summed E-state index contributed by atoms with van der Waals surface area (Å²) in [6, 6.07) is 13.7. The van der Waals surface area contributed by atoms with Crippen molar-refractivity contribution in [3.8, 4) is 35.1 Å². The number of nitriles is 2. The van der Waals surface area contributed by atoms with E-state index in [1.54, 1.807) is 0 Å². The first-order valence-electron chi connectivity index (χ1n) is 26.1. The Morgan fingerprint density at radius 3 is 1.07 bits per heavy atom. The maximum absolute atomic E-state index is 15.0. The second-order valence-corrected chi connectivity index (χ2v) is 20.9. The van der Waals surface area contributed by atoms with Crippen LogP contribution in [0.15, 0.2) is 93.4 Å². The number of hydrogen-bond acceptors (Lipinski definition) is 24. The Kier molecular flexibility index (Phi) is 24.6. The van der Waals surface area contributed by atoms with Gasteiger partial charge in [0.05, 0.1) is 63.4 Å². The lowest BCUT2D eigenvalue weighted by Gasteiger charge is -2.26. The van der Waals surface area contributed by atoms with Gasteiger partial charge < -0.3 is 47.4 Å².